The summed E-state index contributed by atoms with van der Waals surface area (Å²) in [6.07, 6.45) is 11.0. The molecule has 23 heavy (non-hydrogen) atoms. The van der Waals surface area contributed by atoms with Gasteiger partial charge in [-0.1, -0.05) is 38.5 Å². The van der Waals surface area contributed by atoms with Gasteiger partial charge in [0, 0.05) is 12.1 Å². The smallest absolute Gasteiger partial charge is 0.345 e. The first-order valence-corrected chi connectivity index (χ1v) is 8.68. The molecule has 2 rings (SSSR count). The van der Waals surface area contributed by atoms with Gasteiger partial charge < -0.3 is 15.4 Å². The first-order chi connectivity index (χ1) is 11.2. The second-order valence-corrected chi connectivity index (χ2v) is 6.34. The summed E-state index contributed by atoms with van der Waals surface area (Å²) in [5, 5.41) is 8.25. The van der Waals surface area contributed by atoms with Crippen molar-refractivity contribution in [3.8, 4) is 0 Å². The third kappa shape index (κ3) is 6.46. The lowest BCUT2D eigenvalue weighted by Gasteiger charge is -2.23. The van der Waals surface area contributed by atoms with Gasteiger partial charge in [-0.05, 0) is 25.7 Å². The Morgan fingerprint density at radius 3 is 1.91 bits per heavy atom. The molecule has 0 radical (unpaired) electrons. The van der Waals surface area contributed by atoms with Gasteiger partial charge >= 0.3 is 18.1 Å². The molecule has 2 aliphatic carbocycles. The van der Waals surface area contributed by atoms with Gasteiger partial charge in [0.1, 0.15) is 0 Å². The Hall–Kier alpha value is -1.79. The third-order valence-corrected chi connectivity index (χ3v) is 4.49. The summed E-state index contributed by atoms with van der Waals surface area (Å²) < 4.78 is 4.99. The number of rotatable bonds is 2. The van der Waals surface area contributed by atoms with E-state index in [0.717, 1.165) is 51.4 Å². The van der Waals surface area contributed by atoms with Crippen LogP contribution in [0, 0.1) is 0 Å². The van der Waals surface area contributed by atoms with E-state index in [1.807, 2.05) is 0 Å². The van der Waals surface area contributed by atoms with Crippen molar-refractivity contribution in [2.45, 2.75) is 76.3 Å². The molecule has 2 fully saturated rings. The molecule has 2 saturated carbocycles. The summed E-state index contributed by atoms with van der Waals surface area (Å²) in [6, 6.07) is -0.548. The second-order valence-electron chi connectivity index (χ2n) is 6.34. The van der Waals surface area contributed by atoms with Crippen molar-refractivity contribution in [3.05, 3.63) is 0 Å². The van der Waals surface area contributed by atoms with E-state index in [4.69, 9.17) is 4.74 Å². The fourth-order valence-electron chi connectivity index (χ4n) is 3.24. The lowest BCUT2D eigenvalue weighted by Crippen LogP contribution is -2.46. The summed E-state index contributed by atoms with van der Waals surface area (Å²) >= 11 is 0. The van der Waals surface area contributed by atoms with Gasteiger partial charge in [-0.3, -0.25) is 5.32 Å². The SMILES string of the molecule is COC(=NC(=O)NC1CCCCC1)NC(=O)NC1CCCCC1. The van der Waals surface area contributed by atoms with E-state index < -0.39 is 6.03 Å². The van der Waals surface area contributed by atoms with Crippen molar-refractivity contribution < 1.29 is 14.3 Å². The number of amides is 4. The number of ether oxygens (including phenoxy) is 1. The van der Waals surface area contributed by atoms with Crippen LogP contribution in [-0.2, 0) is 4.74 Å². The fraction of sp³-hybridized carbons (Fsp3) is 0.812. The molecule has 130 valence electrons. The zero-order chi connectivity index (χ0) is 16.5. The molecule has 4 amide bonds. The van der Waals surface area contributed by atoms with Crippen molar-refractivity contribution >= 4 is 18.1 Å². The zero-order valence-electron chi connectivity index (χ0n) is 13.9. The number of urea groups is 2. The average Bonchev–Trinajstić information content (AvgIpc) is 2.56. The van der Waals surface area contributed by atoms with E-state index >= 15 is 0 Å². The van der Waals surface area contributed by atoms with Crippen LogP contribution in [0.2, 0.25) is 0 Å². The lowest BCUT2D eigenvalue weighted by atomic mass is 9.96. The lowest BCUT2D eigenvalue weighted by molar-refractivity contribution is 0.233. The monoisotopic (exact) mass is 324 g/mol. The number of nitrogens with one attached hydrogen (secondary N) is 3. The van der Waals surface area contributed by atoms with Gasteiger partial charge in [-0.25, -0.2) is 9.59 Å². The highest BCUT2D eigenvalue weighted by Crippen LogP contribution is 2.18. The van der Waals surface area contributed by atoms with Crippen LogP contribution in [0.5, 0.6) is 0 Å². The topological polar surface area (TPSA) is 91.8 Å². The highest BCUT2D eigenvalue weighted by molar-refractivity contribution is 5.98. The summed E-state index contributed by atoms with van der Waals surface area (Å²) in [7, 11) is 1.38. The van der Waals surface area contributed by atoms with E-state index in [9.17, 15) is 9.59 Å². The maximum Gasteiger partial charge on any atom is 0.345 e. The van der Waals surface area contributed by atoms with Gasteiger partial charge in [0.15, 0.2) is 0 Å². The Morgan fingerprint density at radius 1 is 0.870 bits per heavy atom. The Kier molecular flexibility index (Phi) is 7.16. The molecule has 0 aromatic heterocycles. The second kappa shape index (κ2) is 9.37. The van der Waals surface area contributed by atoms with Crippen molar-refractivity contribution in [2.75, 3.05) is 7.11 Å². The average molecular weight is 324 g/mol. The minimum Gasteiger partial charge on any atom is -0.468 e. The van der Waals surface area contributed by atoms with Crippen LogP contribution in [-0.4, -0.2) is 37.3 Å². The molecule has 0 aromatic carbocycles. The number of hydrogen-bond donors (Lipinski definition) is 3. The number of carbonyl (C=O) groups excluding carboxylic acids is 2. The Balaban J connectivity index is 1.77. The van der Waals surface area contributed by atoms with Crippen molar-refractivity contribution in [1.82, 2.24) is 16.0 Å². The van der Waals surface area contributed by atoms with Gasteiger partial charge in [-0.2, -0.15) is 0 Å². The largest absolute Gasteiger partial charge is 0.468 e. The maximum atomic E-state index is 11.9. The van der Waals surface area contributed by atoms with Crippen LogP contribution in [0.25, 0.3) is 0 Å². The number of methoxy groups -OCH3 is 1. The van der Waals surface area contributed by atoms with Crippen LogP contribution >= 0.6 is 0 Å². The molecule has 0 unspecified atom stereocenters. The van der Waals surface area contributed by atoms with Gasteiger partial charge in [-0.15, -0.1) is 4.99 Å². The highest BCUT2D eigenvalue weighted by atomic mass is 16.5. The number of hydrogen-bond acceptors (Lipinski definition) is 3. The van der Waals surface area contributed by atoms with Crippen LogP contribution in [0.3, 0.4) is 0 Å². The van der Waals surface area contributed by atoms with E-state index in [0.29, 0.717) is 0 Å². The Labute approximate surface area is 137 Å². The minimum absolute atomic E-state index is 0.0772. The summed E-state index contributed by atoms with van der Waals surface area (Å²) in [4.78, 5) is 27.6. The first kappa shape index (κ1) is 17.6. The van der Waals surface area contributed by atoms with E-state index in [2.05, 4.69) is 20.9 Å². The third-order valence-electron chi connectivity index (χ3n) is 4.49. The fourth-order valence-corrected chi connectivity index (χ4v) is 3.24. The number of aliphatic imine (C=N–C) groups is 1. The molecular weight excluding hydrogens is 296 g/mol. The molecule has 7 nitrogen and oxygen atoms in total. The van der Waals surface area contributed by atoms with Crippen molar-refractivity contribution in [1.29, 1.82) is 0 Å². The van der Waals surface area contributed by atoms with Crippen LogP contribution in [0.15, 0.2) is 4.99 Å². The summed E-state index contributed by atoms with van der Waals surface area (Å²) in [5.74, 6) is 0. The highest BCUT2D eigenvalue weighted by Gasteiger charge is 2.18. The van der Waals surface area contributed by atoms with E-state index in [1.165, 1.54) is 20.0 Å². The molecule has 0 heterocycles. The van der Waals surface area contributed by atoms with Gasteiger partial charge in [0.25, 0.3) is 0 Å². The summed E-state index contributed by atoms with van der Waals surface area (Å²) in [6.45, 7) is 0. The van der Waals surface area contributed by atoms with Crippen molar-refractivity contribution in [2.24, 2.45) is 4.99 Å². The van der Waals surface area contributed by atoms with Crippen LogP contribution < -0.4 is 16.0 Å². The molecule has 0 spiro atoms. The molecule has 0 bridgehead atoms. The molecule has 3 N–H and O–H groups in total. The number of nitrogens with zero attached hydrogens (tertiary/aromatic N) is 1. The van der Waals surface area contributed by atoms with Gasteiger partial charge in [0.2, 0.25) is 0 Å². The predicted molar refractivity (Wildman–Crippen MR) is 88.4 cm³/mol. The number of amidine groups is 1. The quantitative estimate of drug-likeness (QED) is 0.538. The standard InChI is InChI=1S/C16H28N4O3/c1-23-16(19-14(21)17-12-8-4-2-5-9-12)20-15(22)18-13-10-6-3-7-11-13/h12-13H,2-11H2,1H3,(H3,17,18,19,20,21,22). The van der Waals surface area contributed by atoms with Crippen LogP contribution in [0.4, 0.5) is 9.59 Å². The molecule has 7 heteroatoms. The Bertz CT molecular complexity index is 427. The van der Waals surface area contributed by atoms with E-state index in [-0.39, 0.29) is 24.1 Å². The molecule has 0 atom stereocenters. The minimum atomic E-state index is -0.466. The van der Waals surface area contributed by atoms with Gasteiger partial charge in [0.05, 0.1) is 7.11 Å². The molecule has 2 aliphatic rings. The number of carbonyl (C=O) groups is 2. The Morgan fingerprint density at radius 2 is 1.39 bits per heavy atom. The molecule has 0 aromatic rings. The molecular formula is C16H28N4O3. The maximum absolute atomic E-state index is 11.9. The predicted octanol–water partition coefficient (Wildman–Crippen LogP) is 2.66. The van der Waals surface area contributed by atoms with Crippen LogP contribution in [0.1, 0.15) is 64.2 Å². The summed E-state index contributed by atoms with van der Waals surface area (Å²) in [5.41, 5.74) is 0. The van der Waals surface area contributed by atoms with E-state index in [1.54, 1.807) is 0 Å². The normalized spacial score (nSPS) is 20.7. The zero-order valence-corrected chi connectivity index (χ0v) is 13.9. The van der Waals surface area contributed by atoms with Crippen molar-refractivity contribution in [3.63, 3.8) is 0 Å². The molecule has 0 aliphatic heterocycles. The molecule has 0 saturated heterocycles. The first-order valence-electron chi connectivity index (χ1n) is 8.68.